The zero-order chi connectivity index (χ0) is 10.7. The lowest BCUT2D eigenvalue weighted by molar-refractivity contribution is 0.0303. The summed E-state index contributed by atoms with van der Waals surface area (Å²) in [5, 5.41) is 0. The van der Waals surface area contributed by atoms with Crippen LogP contribution < -0.4 is 5.73 Å². The molecule has 0 aromatic heterocycles. The molecule has 0 atom stereocenters. The van der Waals surface area contributed by atoms with E-state index in [2.05, 4.69) is 0 Å². The van der Waals surface area contributed by atoms with E-state index in [9.17, 15) is 4.79 Å². The second-order valence-electron chi connectivity index (χ2n) is 3.45. The van der Waals surface area contributed by atoms with Crippen LogP contribution in [0.2, 0.25) is 0 Å². The molecule has 1 N–H and O–H groups in total. The molecule has 0 saturated carbocycles. The average molecular weight is 205 g/mol. The van der Waals surface area contributed by atoms with E-state index in [1.807, 2.05) is 0 Å². The monoisotopic (exact) mass is 205 g/mol. The van der Waals surface area contributed by atoms with Crippen LogP contribution in [0.15, 0.2) is 24.3 Å². The van der Waals surface area contributed by atoms with Crippen LogP contribution in [0, 0.1) is 0 Å². The summed E-state index contributed by atoms with van der Waals surface area (Å²) in [7, 11) is 0. The lowest BCUT2D eigenvalue weighted by atomic mass is 10.1. The van der Waals surface area contributed by atoms with Crippen molar-refractivity contribution in [3.05, 3.63) is 29.8 Å². The van der Waals surface area contributed by atoms with Crippen molar-refractivity contribution in [2.75, 3.05) is 26.3 Å². The van der Waals surface area contributed by atoms with E-state index in [1.165, 1.54) is 0 Å². The van der Waals surface area contributed by atoms with Crippen LogP contribution in [0.1, 0.15) is 10.4 Å². The Hall–Kier alpha value is -1.55. The van der Waals surface area contributed by atoms with Crippen LogP contribution in [0.4, 0.5) is 5.69 Å². The van der Waals surface area contributed by atoms with Crippen LogP contribution in [0.5, 0.6) is 0 Å². The topological polar surface area (TPSA) is 53.3 Å². The van der Waals surface area contributed by atoms with Crippen molar-refractivity contribution >= 4 is 11.6 Å². The van der Waals surface area contributed by atoms with Gasteiger partial charge in [0.05, 0.1) is 24.5 Å². The van der Waals surface area contributed by atoms with E-state index in [1.54, 1.807) is 29.2 Å². The molecule has 1 saturated heterocycles. The van der Waals surface area contributed by atoms with E-state index in [0.717, 1.165) is 0 Å². The van der Waals surface area contributed by atoms with Crippen LogP contribution in [-0.2, 0) is 4.74 Å². The number of nitrogens with one attached hydrogen (secondary N) is 1. The first-order valence-corrected chi connectivity index (χ1v) is 4.96. The maximum atomic E-state index is 12.0. The summed E-state index contributed by atoms with van der Waals surface area (Å²) < 4.78 is 5.18. The normalized spacial score (nSPS) is 16.4. The molecule has 0 unspecified atom stereocenters. The van der Waals surface area contributed by atoms with E-state index in [-0.39, 0.29) is 11.6 Å². The first-order chi connectivity index (χ1) is 7.29. The molecule has 1 aliphatic heterocycles. The molecule has 1 heterocycles. The van der Waals surface area contributed by atoms with Crippen molar-refractivity contribution in [3.8, 4) is 0 Å². The van der Waals surface area contributed by atoms with Crippen molar-refractivity contribution in [2.45, 2.75) is 0 Å². The predicted octanol–water partition coefficient (Wildman–Crippen LogP) is 1.07. The third kappa shape index (κ3) is 2.10. The molecule has 79 valence electrons. The number of rotatable bonds is 1. The van der Waals surface area contributed by atoms with Crippen molar-refractivity contribution in [3.63, 3.8) is 0 Å². The first-order valence-electron chi connectivity index (χ1n) is 4.96. The summed E-state index contributed by atoms with van der Waals surface area (Å²) in [6.07, 6.45) is 0. The fourth-order valence-electron chi connectivity index (χ4n) is 1.61. The highest BCUT2D eigenvalue weighted by atomic mass is 16.5. The molecular formula is C11H13N2O2. The summed E-state index contributed by atoms with van der Waals surface area (Å²) in [5.41, 5.74) is 8.40. The number of morpholine rings is 1. The average Bonchev–Trinajstić information content (AvgIpc) is 2.30. The third-order valence-electron chi connectivity index (χ3n) is 2.46. The minimum Gasteiger partial charge on any atom is -0.378 e. The van der Waals surface area contributed by atoms with Crippen molar-refractivity contribution < 1.29 is 9.53 Å². The van der Waals surface area contributed by atoms with E-state index in [0.29, 0.717) is 31.9 Å². The summed E-state index contributed by atoms with van der Waals surface area (Å²) in [5.74, 6) is -0.0658. The Balaban J connectivity index is 2.16. The zero-order valence-corrected chi connectivity index (χ0v) is 8.40. The number of carbonyl (C=O) groups excluding carboxylic acids is 1. The van der Waals surface area contributed by atoms with Crippen molar-refractivity contribution in [1.29, 1.82) is 0 Å². The third-order valence-corrected chi connectivity index (χ3v) is 2.46. The number of carbonyl (C=O) groups is 1. The summed E-state index contributed by atoms with van der Waals surface area (Å²) in [4.78, 5) is 13.7. The van der Waals surface area contributed by atoms with Gasteiger partial charge >= 0.3 is 0 Å². The maximum Gasteiger partial charge on any atom is 0.256 e. The van der Waals surface area contributed by atoms with Crippen LogP contribution in [0.3, 0.4) is 0 Å². The van der Waals surface area contributed by atoms with E-state index >= 15 is 0 Å². The molecule has 1 aromatic rings. The van der Waals surface area contributed by atoms with Crippen LogP contribution >= 0.6 is 0 Å². The van der Waals surface area contributed by atoms with Gasteiger partial charge in [-0.25, -0.2) is 0 Å². The van der Waals surface area contributed by atoms with Crippen LogP contribution in [-0.4, -0.2) is 37.1 Å². The van der Waals surface area contributed by atoms with Gasteiger partial charge in [-0.2, -0.15) is 0 Å². The van der Waals surface area contributed by atoms with Gasteiger partial charge in [0, 0.05) is 13.1 Å². The van der Waals surface area contributed by atoms with Gasteiger partial charge in [-0.1, -0.05) is 12.1 Å². The van der Waals surface area contributed by atoms with Gasteiger partial charge in [0.1, 0.15) is 0 Å². The minimum atomic E-state index is -0.0658. The Morgan fingerprint density at radius 2 is 1.93 bits per heavy atom. The SMILES string of the molecule is [NH]c1ccccc1C(=O)N1CCOCC1. The smallest absolute Gasteiger partial charge is 0.256 e. The molecule has 0 spiro atoms. The Labute approximate surface area is 88.6 Å². The molecule has 2 rings (SSSR count). The number of hydrogen-bond donors (Lipinski definition) is 0. The quantitative estimate of drug-likeness (QED) is 0.688. The molecule has 4 nitrogen and oxygen atoms in total. The highest BCUT2D eigenvalue weighted by Gasteiger charge is 2.19. The molecule has 1 fully saturated rings. The Kier molecular flexibility index (Phi) is 2.87. The molecule has 15 heavy (non-hydrogen) atoms. The molecule has 1 aliphatic rings. The minimum absolute atomic E-state index is 0.0658. The molecule has 1 amide bonds. The predicted molar refractivity (Wildman–Crippen MR) is 55.9 cm³/mol. The lowest BCUT2D eigenvalue weighted by Gasteiger charge is -2.27. The van der Waals surface area contributed by atoms with E-state index in [4.69, 9.17) is 10.5 Å². The van der Waals surface area contributed by atoms with Gasteiger partial charge in [-0.15, -0.1) is 0 Å². The lowest BCUT2D eigenvalue weighted by Crippen LogP contribution is -2.40. The van der Waals surface area contributed by atoms with Gasteiger partial charge < -0.3 is 15.4 Å². The van der Waals surface area contributed by atoms with E-state index < -0.39 is 0 Å². The second-order valence-corrected chi connectivity index (χ2v) is 3.45. The largest absolute Gasteiger partial charge is 0.378 e. The summed E-state index contributed by atoms with van der Waals surface area (Å²) in [6, 6.07) is 6.87. The molecule has 0 bridgehead atoms. The standard InChI is InChI=1S/C11H13N2O2/c12-10-4-2-1-3-9(10)11(14)13-5-7-15-8-6-13/h1-4,12H,5-8H2. The molecule has 4 heteroatoms. The highest BCUT2D eigenvalue weighted by Crippen LogP contribution is 2.15. The van der Waals surface area contributed by atoms with Crippen LogP contribution in [0.25, 0.3) is 0 Å². The molecule has 1 radical (unpaired) electrons. The fourth-order valence-corrected chi connectivity index (χ4v) is 1.61. The maximum absolute atomic E-state index is 12.0. The Morgan fingerprint density at radius 3 is 2.60 bits per heavy atom. The number of amides is 1. The van der Waals surface area contributed by atoms with Crippen molar-refractivity contribution in [1.82, 2.24) is 10.6 Å². The summed E-state index contributed by atoms with van der Waals surface area (Å²) in [6.45, 7) is 2.41. The first kappa shape index (κ1) is 9.98. The number of benzene rings is 1. The van der Waals surface area contributed by atoms with Gasteiger partial charge in [0.25, 0.3) is 5.91 Å². The number of hydrogen-bond acceptors (Lipinski definition) is 2. The fraction of sp³-hybridized carbons (Fsp3) is 0.364. The van der Waals surface area contributed by atoms with Gasteiger partial charge in [-0.05, 0) is 12.1 Å². The Morgan fingerprint density at radius 1 is 1.27 bits per heavy atom. The number of ether oxygens (including phenoxy) is 1. The van der Waals surface area contributed by atoms with Crippen molar-refractivity contribution in [2.24, 2.45) is 0 Å². The summed E-state index contributed by atoms with van der Waals surface area (Å²) >= 11 is 0. The Bertz CT molecular complexity index is 359. The number of nitrogens with zero attached hydrogens (tertiary/aromatic N) is 1. The zero-order valence-electron chi connectivity index (χ0n) is 8.40. The molecular weight excluding hydrogens is 192 g/mol. The molecule has 0 aliphatic carbocycles. The van der Waals surface area contributed by atoms with Gasteiger partial charge in [0.15, 0.2) is 0 Å². The second kappa shape index (κ2) is 4.31. The van der Waals surface area contributed by atoms with Gasteiger partial charge in [-0.3, -0.25) is 4.79 Å². The van der Waals surface area contributed by atoms with Gasteiger partial charge in [0.2, 0.25) is 0 Å². The highest BCUT2D eigenvalue weighted by molar-refractivity contribution is 5.98. The molecule has 1 aromatic carbocycles.